The SMILES string of the molecule is CCc1ccc(OCC(=O)NNC(=O)c2cc([N+](=O)[O-])cc([N+](=O)[O-])c2)cc1. The lowest BCUT2D eigenvalue weighted by Gasteiger charge is -2.09. The summed E-state index contributed by atoms with van der Waals surface area (Å²) in [5.41, 5.74) is 3.61. The normalized spacial score (nSPS) is 10.0. The Morgan fingerprint density at radius 2 is 1.54 bits per heavy atom. The molecule has 0 aliphatic heterocycles. The van der Waals surface area contributed by atoms with Gasteiger partial charge in [0.25, 0.3) is 23.2 Å². The molecule has 2 aromatic rings. The molecule has 2 rings (SSSR count). The highest BCUT2D eigenvalue weighted by Crippen LogP contribution is 2.22. The maximum Gasteiger partial charge on any atom is 0.277 e. The zero-order chi connectivity index (χ0) is 20.7. The van der Waals surface area contributed by atoms with E-state index in [1.54, 1.807) is 12.1 Å². The van der Waals surface area contributed by atoms with Crippen molar-refractivity contribution in [3.63, 3.8) is 0 Å². The second-order valence-corrected chi connectivity index (χ2v) is 5.54. The molecule has 0 unspecified atom stereocenters. The van der Waals surface area contributed by atoms with Crippen molar-refractivity contribution in [1.29, 1.82) is 0 Å². The zero-order valence-corrected chi connectivity index (χ0v) is 14.7. The summed E-state index contributed by atoms with van der Waals surface area (Å²) in [7, 11) is 0. The van der Waals surface area contributed by atoms with Crippen molar-refractivity contribution in [3.05, 3.63) is 73.8 Å². The number of hydrogen-bond acceptors (Lipinski definition) is 7. The number of hydrazine groups is 1. The van der Waals surface area contributed by atoms with Crippen LogP contribution in [0.4, 0.5) is 11.4 Å². The van der Waals surface area contributed by atoms with Crippen molar-refractivity contribution in [2.24, 2.45) is 0 Å². The molecule has 11 nitrogen and oxygen atoms in total. The van der Waals surface area contributed by atoms with Gasteiger partial charge < -0.3 is 4.74 Å². The lowest BCUT2D eigenvalue weighted by molar-refractivity contribution is -0.394. The maximum atomic E-state index is 12.0. The van der Waals surface area contributed by atoms with E-state index < -0.39 is 33.0 Å². The molecule has 0 radical (unpaired) electrons. The van der Waals surface area contributed by atoms with Gasteiger partial charge in [-0.2, -0.15) is 0 Å². The van der Waals surface area contributed by atoms with Gasteiger partial charge >= 0.3 is 0 Å². The first-order valence-electron chi connectivity index (χ1n) is 8.05. The Hall–Kier alpha value is -4.02. The Morgan fingerprint density at radius 3 is 2.04 bits per heavy atom. The molecule has 28 heavy (non-hydrogen) atoms. The molecule has 0 aliphatic rings. The Morgan fingerprint density at radius 1 is 0.964 bits per heavy atom. The molecule has 11 heteroatoms. The number of nitrogens with one attached hydrogen (secondary N) is 2. The van der Waals surface area contributed by atoms with Gasteiger partial charge in [0.2, 0.25) is 0 Å². The molecule has 0 fully saturated rings. The van der Waals surface area contributed by atoms with Gasteiger partial charge in [-0.05, 0) is 24.1 Å². The number of carbonyl (C=O) groups is 2. The zero-order valence-electron chi connectivity index (χ0n) is 14.7. The number of hydrogen-bond donors (Lipinski definition) is 2. The number of ether oxygens (including phenoxy) is 1. The van der Waals surface area contributed by atoms with E-state index in [1.807, 2.05) is 24.5 Å². The summed E-state index contributed by atoms with van der Waals surface area (Å²) in [6.45, 7) is 1.61. The van der Waals surface area contributed by atoms with Crippen LogP contribution in [0.1, 0.15) is 22.8 Å². The van der Waals surface area contributed by atoms with Gasteiger partial charge in [0.1, 0.15) is 5.75 Å². The van der Waals surface area contributed by atoms with E-state index in [2.05, 4.69) is 5.43 Å². The number of amides is 2. The minimum Gasteiger partial charge on any atom is -0.484 e. The lowest BCUT2D eigenvalue weighted by atomic mass is 10.1. The number of benzene rings is 2. The average molecular weight is 388 g/mol. The van der Waals surface area contributed by atoms with Gasteiger partial charge in [-0.1, -0.05) is 19.1 Å². The third-order valence-corrected chi connectivity index (χ3v) is 3.60. The third-order valence-electron chi connectivity index (χ3n) is 3.60. The summed E-state index contributed by atoms with van der Waals surface area (Å²) in [5.74, 6) is -1.17. The van der Waals surface area contributed by atoms with E-state index in [0.29, 0.717) is 5.75 Å². The van der Waals surface area contributed by atoms with Crippen LogP contribution in [0.15, 0.2) is 42.5 Å². The Kier molecular flexibility index (Phi) is 6.58. The fraction of sp³-hybridized carbons (Fsp3) is 0.176. The number of aryl methyl sites for hydroxylation is 1. The molecule has 0 heterocycles. The van der Waals surface area contributed by atoms with Crippen molar-refractivity contribution < 1.29 is 24.2 Å². The molecule has 0 aliphatic carbocycles. The largest absolute Gasteiger partial charge is 0.484 e. The van der Waals surface area contributed by atoms with Crippen LogP contribution in [0, 0.1) is 20.2 Å². The minimum atomic E-state index is -0.951. The van der Waals surface area contributed by atoms with E-state index in [9.17, 15) is 29.8 Å². The third kappa shape index (κ3) is 5.49. The predicted octanol–water partition coefficient (Wildman–Crippen LogP) is 1.91. The highest BCUT2D eigenvalue weighted by molar-refractivity contribution is 5.96. The summed E-state index contributed by atoms with van der Waals surface area (Å²) >= 11 is 0. The molecule has 2 aromatic carbocycles. The fourth-order valence-electron chi connectivity index (χ4n) is 2.14. The molecule has 146 valence electrons. The average Bonchev–Trinajstić information content (AvgIpc) is 2.70. The Labute approximate surface area is 158 Å². The number of nitro benzene ring substituents is 2. The highest BCUT2D eigenvalue weighted by Gasteiger charge is 2.20. The van der Waals surface area contributed by atoms with Gasteiger partial charge in [-0.3, -0.25) is 40.7 Å². The topological polar surface area (TPSA) is 154 Å². The lowest BCUT2D eigenvalue weighted by Crippen LogP contribution is -2.43. The van der Waals surface area contributed by atoms with Crippen molar-refractivity contribution in [1.82, 2.24) is 10.9 Å². The van der Waals surface area contributed by atoms with E-state index >= 15 is 0 Å². The van der Waals surface area contributed by atoms with Crippen LogP contribution in [0.25, 0.3) is 0 Å². The van der Waals surface area contributed by atoms with Gasteiger partial charge in [-0.15, -0.1) is 0 Å². The number of rotatable bonds is 7. The van der Waals surface area contributed by atoms with Crippen LogP contribution in [-0.4, -0.2) is 28.3 Å². The number of nitrogens with zero attached hydrogens (tertiary/aromatic N) is 2. The van der Waals surface area contributed by atoms with Crippen LogP contribution in [0.5, 0.6) is 5.75 Å². The number of carbonyl (C=O) groups excluding carboxylic acids is 2. The molecule has 0 saturated carbocycles. The molecule has 0 saturated heterocycles. The van der Waals surface area contributed by atoms with Crippen LogP contribution in [0.2, 0.25) is 0 Å². The van der Waals surface area contributed by atoms with E-state index in [4.69, 9.17) is 4.74 Å². The first-order chi connectivity index (χ1) is 13.3. The molecular formula is C17H16N4O7. The summed E-state index contributed by atoms with van der Waals surface area (Å²) in [4.78, 5) is 43.8. The second-order valence-electron chi connectivity index (χ2n) is 5.54. The monoisotopic (exact) mass is 388 g/mol. The summed E-state index contributed by atoms with van der Waals surface area (Å²) in [6.07, 6.45) is 0.864. The van der Waals surface area contributed by atoms with Crippen molar-refractivity contribution in [3.8, 4) is 5.75 Å². The molecule has 0 spiro atoms. The first-order valence-corrected chi connectivity index (χ1v) is 8.05. The maximum absolute atomic E-state index is 12.0. The first kappa shape index (κ1) is 20.3. The number of non-ortho nitro benzene ring substituents is 2. The summed E-state index contributed by atoms with van der Waals surface area (Å²) < 4.78 is 5.26. The van der Waals surface area contributed by atoms with Gasteiger partial charge in [0.15, 0.2) is 6.61 Å². The Bertz CT molecular complexity index is 880. The van der Waals surface area contributed by atoms with Crippen LogP contribution in [0.3, 0.4) is 0 Å². The smallest absolute Gasteiger partial charge is 0.277 e. The van der Waals surface area contributed by atoms with Crippen molar-refractivity contribution in [2.45, 2.75) is 13.3 Å². The summed E-state index contributed by atoms with van der Waals surface area (Å²) in [5, 5.41) is 21.7. The summed E-state index contributed by atoms with van der Waals surface area (Å²) in [6, 6.07) is 9.56. The minimum absolute atomic E-state index is 0.350. The molecule has 0 atom stereocenters. The molecule has 2 amide bonds. The fourth-order valence-corrected chi connectivity index (χ4v) is 2.14. The highest BCUT2D eigenvalue weighted by atomic mass is 16.6. The van der Waals surface area contributed by atoms with Crippen molar-refractivity contribution in [2.75, 3.05) is 6.61 Å². The van der Waals surface area contributed by atoms with Gasteiger partial charge in [0, 0.05) is 12.1 Å². The van der Waals surface area contributed by atoms with Crippen LogP contribution < -0.4 is 15.6 Å². The van der Waals surface area contributed by atoms with Crippen LogP contribution >= 0.6 is 0 Å². The Balaban J connectivity index is 1.94. The quantitative estimate of drug-likeness (QED) is 0.542. The molecule has 0 bridgehead atoms. The van der Waals surface area contributed by atoms with E-state index in [-0.39, 0.29) is 12.2 Å². The van der Waals surface area contributed by atoms with Crippen LogP contribution in [-0.2, 0) is 11.2 Å². The second kappa shape index (κ2) is 9.07. The van der Waals surface area contributed by atoms with Gasteiger partial charge in [0.05, 0.1) is 21.5 Å². The van der Waals surface area contributed by atoms with Crippen molar-refractivity contribution >= 4 is 23.2 Å². The van der Waals surface area contributed by atoms with Gasteiger partial charge in [-0.25, -0.2) is 0 Å². The molecule has 2 N–H and O–H groups in total. The standard InChI is InChI=1S/C17H16N4O7/c1-2-11-3-5-15(6-4-11)28-10-16(22)18-19-17(23)12-7-13(20(24)25)9-14(8-12)21(26)27/h3-9H,2,10H2,1H3,(H,18,22)(H,19,23). The van der Waals surface area contributed by atoms with E-state index in [0.717, 1.165) is 30.2 Å². The number of nitro groups is 2. The predicted molar refractivity (Wildman–Crippen MR) is 96.7 cm³/mol. The molecule has 0 aromatic heterocycles. The van der Waals surface area contributed by atoms with E-state index in [1.165, 1.54) is 0 Å². The molecular weight excluding hydrogens is 372 g/mol.